The van der Waals surface area contributed by atoms with Crippen molar-refractivity contribution in [3.63, 3.8) is 0 Å². The fourth-order valence-electron chi connectivity index (χ4n) is 4.44. The second-order valence-electron chi connectivity index (χ2n) is 10.1. The highest BCUT2D eigenvalue weighted by atomic mass is 16.5. The van der Waals surface area contributed by atoms with Crippen LogP contribution in [0.5, 0.6) is 5.75 Å². The summed E-state index contributed by atoms with van der Waals surface area (Å²) in [5, 5.41) is 12.7. The lowest BCUT2D eigenvalue weighted by Crippen LogP contribution is -2.47. The van der Waals surface area contributed by atoms with Crippen LogP contribution in [0.1, 0.15) is 45.1 Å². The van der Waals surface area contributed by atoms with Crippen LogP contribution >= 0.6 is 0 Å². The number of anilines is 1. The van der Waals surface area contributed by atoms with Crippen LogP contribution in [0.4, 0.5) is 5.69 Å². The van der Waals surface area contributed by atoms with Gasteiger partial charge in [-0.15, -0.1) is 0 Å². The third kappa shape index (κ3) is 5.81. The van der Waals surface area contributed by atoms with E-state index in [9.17, 15) is 14.7 Å². The summed E-state index contributed by atoms with van der Waals surface area (Å²) in [4.78, 5) is 29.6. The van der Waals surface area contributed by atoms with Crippen LogP contribution in [-0.2, 0) is 16.0 Å². The Morgan fingerprint density at radius 3 is 2.69 bits per heavy atom. The third-order valence-electron chi connectivity index (χ3n) is 6.89. The molecule has 3 atom stereocenters. The zero-order valence-electron chi connectivity index (χ0n) is 19.5. The standard InChI is InChI=1S/C25H37N3O4/c1-16-12-28(17(2)15-29)24(30)11-20-10-21(26-25(31)19-6-7-19)8-9-22(20)32-23(16)14-27(3)13-18-4-5-18/h8-10,16-19,23,29H,4-7,11-15H2,1-3H3,(H,26,31)/t16-,17-,23+/m0/s1. The van der Waals surface area contributed by atoms with Gasteiger partial charge in [0.2, 0.25) is 11.8 Å². The van der Waals surface area contributed by atoms with Gasteiger partial charge in [-0.05, 0) is 63.8 Å². The summed E-state index contributed by atoms with van der Waals surface area (Å²) in [6.45, 7) is 6.33. The zero-order valence-corrected chi connectivity index (χ0v) is 19.5. The summed E-state index contributed by atoms with van der Waals surface area (Å²) in [5.41, 5.74) is 1.48. The summed E-state index contributed by atoms with van der Waals surface area (Å²) in [7, 11) is 2.14. The summed E-state index contributed by atoms with van der Waals surface area (Å²) in [5.74, 6) is 1.74. The number of carbonyl (C=O) groups is 2. The van der Waals surface area contributed by atoms with Gasteiger partial charge in [0.1, 0.15) is 11.9 Å². The van der Waals surface area contributed by atoms with E-state index < -0.39 is 0 Å². The number of fused-ring (bicyclic) bond motifs is 1. The predicted octanol–water partition coefficient (Wildman–Crippen LogP) is 2.53. The van der Waals surface area contributed by atoms with Crippen LogP contribution < -0.4 is 10.1 Å². The number of hydrogen-bond donors (Lipinski definition) is 2. The van der Waals surface area contributed by atoms with Crippen molar-refractivity contribution >= 4 is 17.5 Å². The highest BCUT2D eigenvalue weighted by Gasteiger charge is 2.33. The molecule has 7 nitrogen and oxygen atoms in total. The molecule has 0 radical (unpaired) electrons. The Labute approximate surface area is 191 Å². The number of carbonyl (C=O) groups excluding carboxylic acids is 2. The van der Waals surface area contributed by atoms with Crippen molar-refractivity contribution in [2.75, 3.05) is 38.6 Å². The molecule has 2 aliphatic carbocycles. The van der Waals surface area contributed by atoms with Crippen molar-refractivity contribution in [1.82, 2.24) is 9.80 Å². The Balaban J connectivity index is 1.59. The molecule has 0 saturated heterocycles. The fourth-order valence-corrected chi connectivity index (χ4v) is 4.44. The summed E-state index contributed by atoms with van der Waals surface area (Å²) in [6.07, 6.45) is 4.61. The van der Waals surface area contributed by atoms with Crippen molar-refractivity contribution in [2.45, 2.75) is 58.1 Å². The first-order chi connectivity index (χ1) is 15.3. The van der Waals surface area contributed by atoms with Crippen molar-refractivity contribution < 1.29 is 19.4 Å². The zero-order chi connectivity index (χ0) is 22.8. The molecular formula is C25H37N3O4. The highest BCUT2D eigenvalue weighted by molar-refractivity contribution is 5.94. The minimum Gasteiger partial charge on any atom is -0.488 e. The smallest absolute Gasteiger partial charge is 0.227 e. The maximum absolute atomic E-state index is 13.2. The van der Waals surface area contributed by atoms with Crippen molar-refractivity contribution in [3.8, 4) is 5.75 Å². The lowest BCUT2D eigenvalue weighted by Gasteiger charge is -2.34. The SMILES string of the molecule is C[C@H]1CN([C@@H](C)CO)C(=O)Cc2cc(NC(=O)C3CC3)ccc2O[C@@H]1CN(C)CC1CC1. The Kier molecular flexibility index (Phi) is 7.05. The van der Waals surface area contributed by atoms with E-state index in [2.05, 4.69) is 24.2 Å². The van der Waals surface area contributed by atoms with E-state index in [1.165, 1.54) is 12.8 Å². The molecular weight excluding hydrogens is 406 g/mol. The van der Waals surface area contributed by atoms with Gasteiger partial charge in [0, 0.05) is 42.7 Å². The molecule has 2 fully saturated rings. The van der Waals surface area contributed by atoms with Gasteiger partial charge in [-0.25, -0.2) is 0 Å². The molecule has 2 N–H and O–H groups in total. The first kappa shape index (κ1) is 23.1. The lowest BCUT2D eigenvalue weighted by atomic mass is 10.0. The average molecular weight is 444 g/mol. The van der Waals surface area contributed by atoms with Gasteiger partial charge in [0.15, 0.2) is 0 Å². The van der Waals surface area contributed by atoms with Gasteiger partial charge >= 0.3 is 0 Å². The van der Waals surface area contributed by atoms with Gasteiger partial charge in [-0.1, -0.05) is 6.92 Å². The Morgan fingerprint density at radius 2 is 2.03 bits per heavy atom. The molecule has 1 heterocycles. The monoisotopic (exact) mass is 443 g/mol. The van der Waals surface area contributed by atoms with Crippen LogP contribution in [0.3, 0.4) is 0 Å². The molecule has 1 aromatic carbocycles. The number of aliphatic hydroxyl groups excluding tert-OH is 1. The van der Waals surface area contributed by atoms with E-state index in [-0.39, 0.29) is 48.8 Å². The van der Waals surface area contributed by atoms with Crippen molar-refractivity contribution in [3.05, 3.63) is 23.8 Å². The molecule has 4 rings (SSSR count). The lowest BCUT2D eigenvalue weighted by molar-refractivity contribution is -0.134. The minimum atomic E-state index is -0.255. The number of amides is 2. The molecule has 0 spiro atoms. The van der Waals surface area contributed by atoms with E-state index in [1.54, 1.807) is 4.90 Å². The van der Waals surface area contributed by atoms with E-state index in [1.807, 2.05) is 25.1 Å². The maximum atomic E-state index is 13.2. The van der Waals surface area contributed by atoms with E-state index in [4.69, 9.17) is 4.74 Å². The number of hydrogen-bond acceptors (Lipinski definition) is 5. The van der Waals surface area contributed by atoms with Crippen LogP contribution in [0.2, 0.25) is 0 Å². The second kappa shape index (κ2) is 9.79. The predicted molar refractivity (Wildman–Crippen MR) is 124 cm³/mol. The first-order valence-electron chi connectivity index (χ1n) is 12.0. The minimum absolute atomic E-state index is 0.0269. The Bertz CT molecular complexity index is 836. The van der Waals surface area contributed by atoms with Gasteiger partial charge in [-0.2, -0.15) is 0 Å². The van der Waals surface area contributed by atoms with Crippen LogP contribution in [0.15, 0.2) is 18.2 Å². The molecule has 2 amide bonds. The molecule has 3 aliphatic rings. The highest BCUT2D eigenvalue weighted by Crippen LogP contribution is 2.33. The van der Waals surface area contributed by atoms with E-state index >= 15 is 0 Å². The summed E-state index contributed by atoms with van der Waals surface area (Å²) in [6, 6.07) is 5.37. The van der Waals surface area contributed by atoms with Gasteiger partial charge in [-0.3, -0.25) is 9.59 Å². The molecule has 7 heteroatoms. The maximum Gasteiger partial charge on any atom is 0.227 e. The van der Waals surface area contributed by atoms with E-state index in [0.717, 1.165) is 37.4 Å². The van der Waals surface area contributed by atoms with Gasteiger partial charge < -0.3 is 25.0 Å². The normalized spacial score (nSPS) is 24.8. The number of likely N-dealkylation sites (N-methyl/N-ethyl adjacent to an activating group) is 1. The summed E-state index contributed by atoms with van der Waals surface area (Å²) < 4.78 is 6.54. The Morgan fingerprint density at radius 1 is 1.28 bits per heavy atom. The Hall–Kier alpha value is -2.12. The average Bonchev–Trinajstić information content (AvgIpc) is 3.66. The number of benzene rings is 1. The van der Waals surface area contributed by atoms with Gasteiger partial charge in [0.25, 0.3) is 0 Å². The van der Waals surface area contributed by atoms with Crippen molar-refractivity contribution in [1.29, 1.82) is 0 Å². The van der Waals surface area contributed by atoms with Crippen molar-refractivity contribution in [2.24, 2.45) is 17.8 Å². The largest absolute Gasteiger partial charge is 0.488 e. The summed E-state index contributed by atoms with van der Waals surface area (Å²) >= 11 is 0. The quantitative estimate of drug-likeness (QED) is 0.645. The number of aliphatic hydroxyl groups is 1. The number of rotatable bonds is 8. The van der Waals surface area contributed by atoms with Gasteiger partial charge in [0.05, 0.1) is 19.1 Å². The molecule has 32 heavy (non-hydrogen) atoms. The molecule has 1 aromatic rings. The second-order valence-corrected chi connectivity index (χ2v) is 10.1. The molecule has 0 unspecified atom stereocenters. The fraction of sp³-hybridized carbons (Fsp3) is 0.680. The van der Waals surface area contributed by atoms with Crippen LogP contribution in [0, 0.1) is 17.8 Å². The molecule has 0 aromatic heterocycles. The van der Waals surface area contributed by atoms with E-state index in [0.29, 0.717) is 18.0 Å². The molecule has 1 aliphatic heterocycles. The number of nitrogens with zero attached hydrogens (tertiary/aromatic N) is 2. The first-order valence-corrected chi connectivity index (χ1v) is 12.0. The van der Waals surface area contributed by atoms with Crippen LogP contribution in [0.25, 0.3) is 0 Å². The van der Waals surface area contributed by atoms with Crippen LogP contribution in [-0.4, -0.2) is 72.2 Å². The molecule has 2 saturated carbocycles. The number of nitrogens with one attached hydrogen (secondary N) is 1. The third-order valence-corrected chi connectivity index (χ3v) is 6.89. The topological polar surface area (TPSA) is 82.1 Å². The molecule has 0 bridgehead atoms. The number of ether oxygens (including phenoxy) is 1. The molecule has 176 valence electrons.